The molecule has 17 nitrogen and oxygen atoms in total. The number of likely N-dealkylation sites (N-methyl/N-ethyl adjacent to an activating group) is 1. The summed E-state index contributed by atoms with van der Waals surface area (Å²) >= 11 is 0. The molecule has 0 saturated carbocycles. The van der Waals surface area contributed by atoms with Crippen LogP contribution >= 0.6 is 0 Å². The molecular weight excluding hydrogens is 959 g/mol. The Morgan fingerprint density at radius 1 is 0.773 bits per heavy atom. The summed E-state index contributed by atoms with van der Waals surface area (Å²) in [7, 11) is 4.95. The molecule has 2 aromatic carbocycles. The predicted molar refractivity (Wildman–Crippen MR) is 286 cm³/mol. The van der Waals surface area contributed by atoms with Gasteiger partial charge in [-0.2, -0.15) is 0 Å². The molecule has 3 amide bonds. The summed E-state index contributed by atoms with van der Waals surface area (Å²) in [5.41, 5.74) is 1.69. The minimum atomic E-state index is -0.988. The summed E-state index contributed by atoms with van der Waals surface area (Å²) in [4.78, 5) is 91.8. The minimum Gasteiger partial charge on any atom is -0.492 e. The number of nitrogens with zero attached hydrogens (tertiary/aromatic N) is 3. The largest absolute Gasteiger partial charge is 0.492 e. The highest BCUT2D eigenvalue weighted by atomic mass is 16.7. The molecule has 75 heavy (non-hydrogen) atoms. The minimum absolute atomic E-state index is 0.0324. The molecule has 2 heterocycles. The highest BCUT2D eigenvalue weighted by Crippen LogP contribution is 2.34. The Morgan fingerprint density at radius 2 is 1.39 bits per heavy atom. The molecule has 0 aliphatic carbocycles. The number of ketones is 1. The van der Waals surface area contributed by atoms with Gasteiger partial charge in [-0.1, -0.05) is 129 Å². The summed E-state index contributed by atoms with van der Waals surface area (Å²) in [5.74, 6) is -4.45. The predicted octanol–water partition coefficient (Wildman–Crippen LogP) is 7.46. The zero-order valence-corrected chi connectivity index (χ0v) is 46.5. The summed E-state index contributed by atoms with van der Waals surface area (Å²) < 4.78 is 18.6. The van der Waals surface area contributed by atoms with E-state index in [1.54, 1.807) is 28.2 Å². The highest BCUT2D eigenvalue weighted by molar-refractivity contribution is 5.91. The van der Waals surface area contributed by atoms with Gasteiger partial charge in [-0.25, -0.2) is 9.59 Å². The second-order valence-corrected chi connectivity index (χ2v) is 21.4. The number of hydrogen-bond donors (Lipinski definition) is 4. The molecule has 4 rings (SSSR count). The smallest absolute Gasteiger partial charge is 0.333 e. The van der Waals surface area contributed by atoms with E-state index in [1.807, 2.05) is 112 Å². The lowest BCUT2D eigenvalue weighted by molar-refractivity contribution is -0.151. The van der Waals surface area contributed by atoms with Crippen LogP contribution in [0.3, 0.4) is 0 Å². The summed E-state index contributed by atoms with van der Waals surface area (Å²) in [5, 5.41) is 25.7. The lowest BCUT2D eigenvalue weighted by atomic mass is 9.77. The molecule has 0 bridgehead atoms. The van der Waals surface area contributed by atoms with Crippen molar-refractivity contribution in [1.29, 1.82) is 0 Å². The first-order valence-corrected chi connectivity index (χ1v) is 26.9. The number of methoxy groups -OCH3 is 2. The zero-order chi connectivity index (χ0) is 55.5. The van der Waals surface area contributed by atoms with E-state index in [1.165, 1.54) is 12.1 Å². The van der Waals surface area contributed by atoms with Gasteiger partial charge in [-0.05, 0) is 80.0 Å². The number of benzene rings is 2. The number of hydrogen-bond acceptors (Lipinski definition) is 13. The van der Waals surface area contributed by atoms with Crippen LogP contribution in [0.5, 0.6) is 11.8 Å². The lowest BCUT2D eigenvalue weighted by Crippen LogP contribution is -2.54. The van der Waals surface area contributed by atoms with Gasteiger partial charge in [0.05, 0.1) is 42.7 Å². The number of ether oxygens (including phenoxy) is 3. The Morgan fingerprint density at radius 3 is 1.96 bits per heavy atom. The topological polar surface area (TPSA) is 215 Å². The molecule has 0 spiro atoms. The van der Waals surface area contributed by atoms with E-state index in [-0.39, 0.29) is 79.0 Å². The van der Waals surface area contributed by atoms with Gasteiger partial charge in [-0.3, -0.25) is 24.1 Å². The Labute approximate surface area is 445 Å². The van der Waals surface area contributed by atoms with Crippen LogP contribution in [-0.4, -0.2) is 131 Å². The van der Waals surface area contributed by atoms with Crippen LogP contribution < -0.4 is 15.5 Å². The number of carbonyl (C=O) groups is 6. The molecule has 0 radical (unpaired) electrons. The van der Waals surface area contributed by atoms with Crippen molar-refractivity contribution < 1.29 is 58.0 Å². The van der Waals surface area contributed by atoms with E-state index in [0.717, 1.165) is 24.0 Å². The molecule has 1 fully saturated rings. The van der Waals surface area contributed by atoms with Crippen molar-refractivity contribution >= 4 is 35.4 Å². The first-order valence-electron chi connectivity index (χ1n) is 26.9. The second kappa shape index (κ2) is 30.1. The average molecular weight is 1050 g/mol. The first kappa shape index (κ1) is 61.8. The van der Waals surface area contributed by atoms with Crippen LogP contribution in [0.25, 0.3) is 0 Å². The first-order chi connectivity index (χ1) is 35.6. The van der Waals surface area contributed by atoms with Gasteiger partial charge in [0.25, 0.3) is 0 Å². The highest BCUT2D eigenvalue weighted by Gasteiger charge is 2.43. The van der Waals surface area contributed by atoms with E-state index in [0.29, 0.717) is 37.1 Å². The van der Waals surface area contributed by atoms with E-state index >= 15 is 0 Å². The molecule has 416 valence electrons. The van der Waals surface area contributed by atoms with Gasteiger partial charge in [0.15, 0.2) is 5.78 Å². The van der Waals surface area contributed by atoms with Crippen LogP contribution in [0.4, 0.5) is 0 Å². The molecule has 1 aliphatic heterocycles. The number of esters is 1. The van der Waals surface area contributed by atoms with Gasteiger partial charge in [0.2, 0.25) is 29.5 Å². The SMILES string of the molecule is CCC(C)C(CC(C)CC(=O)C(NC(=O)C(C(C)C)N(C)CCCC(=O)On1c(O)ccc1O)C(C)C)C(CC(=O)N1CCCC1C(OC)C(C)C(=O)NC(C(=O)OCc1ccccc1)C(C)c1ccccc1)OC. The van der Waals surface area contributed by atoms with Crippen molar-refractivity contribution in [2.24, 2.45) is 35.5 Å². The number of Topliss-reactive ketones (excluding diaryl/α,β-unsaturated/α-hetero) is 1. The fourth-order valence-corrected chi connectivity index (χ4v) is 10.6. The quantitative estimate of drug-likeness (QED) is 0.0461. The summed E-state index contributed by atoms with van der Waals surface area (Å²) in [6, 6.07) is 18.5. The van der Waals surface area contributed by atoms with Crippen molar-refractivity contribution in [3.8, 4) is 11.8 Å². The Hall–Kier alpha value is -5.78. The Kier molecular flexibility index (Phi) is 24.8. The van der Waals surface area contributed by atoms with Gasteiger partial charge in [-0.15, -0.1) is 4.73 Å². The maximum absolute atomic E-state index is 14.5. The van der Waals surface area contributed by atoms with Crippen molar-refractivity contribution in [2.45, 2.75) is 163 Å². The third kappa shape index (κ3) is 17.6. The van der Waals surface area contributed by atoms with Crippen LogP contribution in [0.2, 0.25) is 0 Å². The maximum Gasteiger partial charge on any atom is 0.333 e. The van der Waals surface area contributed by atoms with Crippen LogP contribution in [0.15, 0.2) is 72.8 Å². The van der Waals surface area contributed by atoms with Gasteiger partial charge in [0.1, 0.15) is 12.6 Å². The maximum atomic E-state index is 14.5. The van der Waals surface area contributed by atoms with Gasteiger partial charge < -0.3 is 44.8 Å². The normalized spacial score (nSPS) is 17.8. The number of aromatic nitrogens is 1. The van der Waals surface area contributed by atoms with Crippen molar-refractivity contribution in [2.75, 3.05) is 34.4 Å². The third-order valence-corrected chi connectivity index (χ3v) is 15.1. The second-order valence-electron chi connectivity index (χ2n) is 21.4. The van der Waals surface area contributed by atoms with Gasteiger partial charge in [0, 0.05) is 51.7 Å². The van der Waals surface area contributed by atoms with E-state index in [9.17, 15) is 39.0 Å². The fourth-order valence-electron chi connectivity index (χ4n) is 10.6. The number of rotatable bonds is 31. The molecule has 11 unspecified atom stereocenters. The van der Waals surface area contributed by atoms with Crippen LogP contribution in [-0.2, 0) is 49.6 Å². The molecule has 17 heteroatoms. The van der Waals surface area contributed by atoms with Crippen molar-refractivity contribution in [3.63, 3.8) is 0 Å². The summed E-state index contributed by atoms with van der Waals surface area (Å²) in [6.45, 7) is 18.5. The van der Waals surface area contributed by atoms with E-state index < -0.39 is 71.9 Å². The number of carbonyl (C=O) groups excluding carboxylic acids is 6. The van der Waals surface area contributed by atoms with Gasteiger partial charge >= 0.3 is 11.9 Å². The molecule has 3 aromatic rings. The number of nitrogens with one attached hydrogen (secondary N) is 2. The molecule has 11 atom stereocenters. The monoisotopic (exact) mass is 1050 g/mol. The molecule has 4 N–H and O–H groups in total. The lowest BCUT2D eigenvalue weighted by Gasteiger charge is -2.37. The van der Waals surface area contributed by atoms with E-state index in [4.69, 9.17) is 19.0 Å². The Bertz CT molecular complexity index is 2250. The molecule has 1 saturated heterocycles. The third-order valence-electron chi connectivity index (χ3n) is 15.1. The van der Waals surface area contributed by atoms with E-state index in [2.05, 4.69) is 24.5 Å². The molecule has 1 aliphatic rings. The van der Waals surface area contributed by atoms with Crippen LogP contribution in [0.1, 0.15) is 131 Å². The fraction of sp³-hybridized carbons (Fsp3) is 0.621. The zero-order valence-electron chi connectivity index (χ0n) is 46.5. The molecule has 1 aromatic heterocycles. The number of amides is 3. The van der Waals surface area contributed by atoms with Crippen LogP contribution in [0, 0.1) is 35.5 Å². The average Bonchev–Trinajstić information content (AvgIpc) is 4.00. The number of likely N-dealkylation sites (tertiary alicyclic amines) is 1. The number of aromatic hydroxyl groups is 2. The molecular formula is C58H87N5O12. The standard InChI is InChI=1S/C58H87N5O12/c1-13-39(7)44(32-38(6)33-46(64)52(36(2)3)59-57(70)54(37(4)5)61(10)30-21-27-51(68)75-63-48(65)28-29-49(63)66)47(72-11)34-50(67)62-31-20-26-45(62)55(73-12)41(9)56(69)60-53(40(8)43-24-18-15-19-25-43)58(71)74-35-42-22-16-14-17-23-42/h14-19,22-25,28-29,36-41,44-45,47,52-55,65-66H,13,20-21,26-27,30-35H2,1-12H3,(H,59,70)(H,60,69). The summed E-state index contributed by atoms with van der Waals surface area (Å²) in [6.07, 6.45) is 2.25. The van der Waals surface area contributed by atoms with Crippen molar-refractivity contribution in [3.05, 3.63) is 83.9 Å². The Balaban J connectivity index is 1.39. The van der Waals surface area contributed by atoms with Crippen molar-refractivity contribution in [1.82, 2.24) is 25.2 Å².